The lowest BCUT2D eigenvalue weighted by Gasteiger charge is -2.26. The molecular formula is C25H29N6O3+. The Bertz CT molecular complexity index is 1380. The SMILES string of the molecule is CN(C(=O)C[NH+]1C(C(C)(C)C)=Nc2ccccc21)c1c(N)n(Cc2ccccc2)c(=O)[nH]c1=O. The normalized spacial score (nSPS) is 15.1. The number of hydrogen-bond donors (Lipinski definition) is 3. The molecule has 2 heterocycles. The largest absolute Gasteiger partial charge is 0.383 e. The molecule has 34 heavy (non-hydrogen) atoms. The van der Waals surface area contributed by atoms with Crippen LogP contribution < -0.4 is 26.8 Å². The second-order valence-corrected chi connectivity index (χ2v) is 9.40. The first-order chi connectivity index (χ1) is 16.1. The molecule has 1 unspecified atom stereocenters. The van der Waals surface area contributed by atoms with E-state index >= 15 is 0 Å². The molecule has 0 radical (unpaired) electrons. The Balaban J connectivity index is 1.67. The van der Waals surface area contributed by atoms with Crippen LogP contribution in [0, 0.1) is 5.41 Å². The molecule has 1 aromatic heterocycles. The predicted octanol–water partition coefficient (Wildman–Crippen LogP) is 1.44. The summed E-state index contributed by atoms with van der Waals surface area (Å²) >= 11 is 0. The van der Waals surface area contributed by atoms with Gasteiger partial charge in [-0.1, -0.05) is 42.5 Å². The molecule has 0 spiro atoms. The third kappa shape index (κ3) is 4.29. The highest BCUT2D eigenvalue weighted by Gasteiger charge is 2.39. The molecule has 4 N–H and O–H groups in total. The summed E-state index contributed by atoms with van der Waals surface area (Å²) in [5.41, 5.74) is 7.19. The number of quaternary nitrogens is 1. The Kier molecular flexibility index (Phi) is 5.97. The van der Waals surface area contributed by atoms with Crippen molar-refractivity contribution in [3.8, 4) is 0 Å². The van der Waals surface area contributed by atoms with Crippen LogP contribution in [0.3, 0.4) is 0 Å². The summed E-state index contributed by atoms with van der Waals surface area (Å²) in [4.78, 5) is 47.7. The van der Waals surface area contributed by atoms with Crippen molar-refractivity contribution in [2.24, 2.45) is 10.4 Å². The van der Waals surface area contributed by atoms with Gasteiger partial charge in [-0.25, -0.2) is 9.69 Å². The van der Waals surface area contributed by atoms with Crippen molar-refractivity contribution in [3.63, 3.8) is 0 Å². The average Bonchev–Trinajstić information content (AvgIpc) is 3.16. The molecule has 0 saturated carbocycles. The van der Waals surface area contributed by atoms with E-state index in [1.165, 1.54) is 16.5 Å². The Morgan fingerprint density at radius 2 is 1.74 bits per heavy atom. The first-order valence-corrected chi connectivity index (χ1v) is 11.1. The number of benzene rings is 2. The van der Waals surface area contributed by atoms with Gasteiger partial charge in [-0.05, 0) is 32.4 Å². The zero-order valence-corrected chi connectivity index (χ0v) is 19.8. The topological polar surface area (TPSA) is 118 Å². The number of aromatic amines is 1. The Morgan fingerprint density at radius 3 is 2.41 bits per heavy atom. The van der Waals surface area contributed by atoms with Crippen molar-refractivity contribution < 1.29 is 9.69 Å². The molecule has 1 atom stereocenters. The van der Waals surface area contributed by atoms with Crippen molar-refractivity contribution in [1.29, 1.82) is 0 Å². The van der Waals surface area contributed by atoms with Crippen molar-refractivity contribution in [1.82, 2.24) is 9.55 Å². The van der Waals surface area contributed by atoms with Crippen LogP contribution in [0.15, 0.2) is 69.2 Å². The van der Waals surface area contributed by atoms with Crippen LogP contribution in [-0.4, -0.2) is 34.9 Å². The first kappa shape index (κ1) is 23.2. The number of amidine groups is 1. The van der Waals surface area contributed by atoms with E-state index < -0.39 is 11.2 Å². The van der Waals surface area contributed by atoms with E-state index in [-0.39, 0.29) is 35.9 Å². The lowest BCUT2D eigenvalue weighted by Crippen LogP contribution is -3.11. The van der Waals surface area contributed by atoms with Crippen molar-refractivity contribution >= 4 is 34.6 Å². The van der Waals surface area contributed by atoms with Gasteiger partial charge >= 0.3 is 5.69 Å². The van der Waals surface area contributed by atoms with Gasteiger partial charge in [0.05, 0.1) is 12.0 Å². The molecule has 0 aliphatic carbocycles. The summed E-state index contributed by atoms with van der Waals surface area (Å²) in [5, 5.41) is 0. The van der Waals surface area contributed by atoms with E-state index in [1.54, 1.807) is 0 Å². The molecule has 0 bridgehead atoms. The number of hydrogen-bond acceptors (Lipinski definition) is 5. The summed E-state index contributed by atoms with van der Waals surface area (Å²) in [5.74, 6) is 0.451. The van der Waals surface area contributed by atoms with Crippen molar-refractivity contribution in [3.05, 3.63) is 81.0 Å². The van der Waals surface area contributed by atoms with Crippen LogP contribution in [0.2, 0.25) is 0 Å². The summed E-state index contributed by atoms with van der Waals surface area (Å²) in [7, 11) is 1.50. The van der Waals surface area contributed by atoms with Crippen LogP contribution in [0.5, 0.6) is 0 Å². The lowest BCUT2D eigenvalue weighted by molar-refractivity contribution is -0.722. The number of nitrogens with one attached hydrogen (secondary N) is 2. The van der Waals surface area contributed by atoms with E-state index in [2.05, 4.69) is 4.98 Å². The number of nitrogens with two attached hydrogens (primary N) is 1. The quantitative estimate of drug-likeness (QED) is 0.533. The fourth-order valence-corrected chi connectivity index (χ4v) is 4.16. The number of aliphatic imine (C=N–C) groups is 1. The number of likely N-dealkylation sites (N-methyl/N-ethyl adjacent to an activating group) is 1. The van der Waals surface area contributed by atoms with Crippen LogP contribution >= 0.6 is 0 Å². The summed E-state index contributed by atoms with van der Waals surface area (Å²) in [6.07, 6.45) is 0. The third-order valence-electron chi connectivity index (χ3n) is 5.89. The Morgan fingerprint density at radius 1 is 1.09 bits per heavy atom. The molecule has 1 aliphatic rings. The van der Waals surface area contributed by atoms with Crippen LogP contribution in [0.1, 0.15) is 26.3 Å². The van der Waals surface area contributed by atoms with Crippen molar-refractivity contribution in [2.75, 3.05) is 24.2 Å². The average molecular weight is 462 g/mol. The molecule has 1 aliphatic heterocycles. The smallest absolute Gasteiger partial charge is 0.330 e. The molecule has 176 valence electrons. The second-order valence-electron chi connectivity index (χ2n) is 9.40. The lowest BCUT2D eigenvalue weighted by atomic mass is 9.94. The Labute approximate surface area is 197 Å². The fourth-order valence-electron chi connectivity index (χ4n) is 4.16. The minimum atomic E-state index is -0.704. The molecule has 0 fully saturated rings. The molecule has 9 heteroatoms. The third-order valence-corrected chi connectivity index (χ3v) is 5.89. The second kappa shape index (κ2) is 8.75. The van der Waals surface area contributed by atoms with Crippen LogP contribution in [-0.2, 0) is 11.3 Å². The number of para-hydroxylation sites is 2. The number of rotatable bonds is 5. The number of fused-ring (bicyclic) bond motifs is 1. The molecule has 1 amide bonds. The van der Waals surface area contributed by atoms with E-state index in [0.29, 0.717) is 0 Å². The van der Waals surface area contributed by atoms with E-state index in [1.807, 2.05) is 75.4 Å². The maximum absolute atomic E-state index is 13.4. The number of nitrogens with zero attached hydrogens (tertiary/aromatic N) is 3. The minimum absolute atomic E-state index is 0.0420. The predicted molar refractivity (Wildman–Crippen MR) is 133 cm³/mol. The molecule has 0 saturated heterocycles. The van der Waals surface area contributed by atoms with Gasteiger partial charge in [0.25, 0.3) is 11.5 Å². The number of carbonyl (C=O) groups excluding carboxylic acids is 1. The highest BCUT2D eigenvalue weighted by Crippen LogP contribution is 2.29. The van der Waals surface area contributed by atoms with E-state index in [4.69, 9.17) is 10.7 Å². The number of anilines is 2. The van der Waals surface area contributed by atoms with E-state index in [0.717, 1.165) is 27.7 Å². The fraction of sp³-hybridized carbons (Fsp3) is 0.280. The summed E-state index contributed by atoms with van der Waals surface area (Å²) in [6.45, 7) is 6.36. The van der Waals surface area contributed by atoms with Crippen LogP contribution in [0.25, 0.3) is 0 Å². The molecule has 9 nitrogen and oxygen atoms in total. The van der Waals surface area contributed by atoms with Gasteiger partial charge < -0.3 is 10.6 Å². The molecular weight excluding hydrogens is 432 g/mol. The molecule has 3 aromatic rings. The first-order valence-electron chi connectivity index (χ1n) is 11.1. The number of nitrogen functional groups attached to an aromatic ring is 1. The maximum atomic E-state index is 13.4. The number of carbonyl (C=O) groups is 1. The van der Waals surface area contributed by atoms with Gasteiger partial charge in [-0.15, -0.1) is 0 Å². The van der Waals surface area contributed by atoms with Gasteiger partial charge in [0.2, 0.25) is 5.84 Å². The number of amides is 1. The summed E-state index contributed by atoms with van der Waals surface area (Å²) in [6, 6.07) is 17.0. The van der Waals surface area contributed by atoms with E-state index in [9.17, 15) is 14.4 Å². The number of H-pyrrole nitrogens is 1. The van der Waals surface area contributed by atoms with Gasteiger partial charge in [0.1, 0.15) is 11.5 Å². The van der Waals surface area contributed by atoms with Gasteiger partial charge in [-0.2, -0.15) is 4.99 Å². The van der Waals surface area contributed by atoms with Crippen LogP contribution in [0.4, 0.5) is 22.9 Å². The zero-order valence-electron chi connectivity index (χ0n) is 19.8. The monoisotopic (exact) mass is 461 g/mol. The maximum Gasteiger partial charge on any atom is 0.330 e. The molecule has 2 aromatic carbocycles. The zero-order chi connectivity index (χ0) is 24.6. The minimum Gasteiger partial charge on any atom is -0.383 e. The van der Waals surface area contributed by atoms with Crippen molar-refractivity contribution in [2.45, 2.75) is 27.3 Å². The van der Waals surface area contributed by atoms with Gasteiger partial charge in [0, 0.05) is 13.1 Å². The van der Waals surface area contributed by atoms with Gasteiger partial charge in [-0.3, -0.25) is 19.1 Å². The standard InChI is InChI=1S/C25H28N6O3/c1-25(2,3)23-27-17-12-8-9-13-18(17)30(23)15-19(32)29(4)20-21(26)31(24(34)28-22(20)33)14-16-10-6-5-7-11-16/h5-13H,14-15,26H2,1-4H3,(H,28,33,34)/p+1. The number of aromatic nitrogens is 2. The summed E-state index contributed by atoms with van der Waals surface area (Å²) < 4.78 is 1.26. The highest BCUT2D eigenvalue weighted by atomic mass is 16.2. The Hall–Kier alpha value is -3.98. The molecule has 4 rings (SSSR count). The highest BCUT2D eigenvalue weighted by molar-refractivity contribution is 5.98. The van der Waals surface area contributed by atoms with Gasteiger partial charge in [0.15, 0.2) is 17.9 Å².